The molecule has 0 saturated carbocycles. The van der Waals surface area contributed by atoms with Gasteiger partial charge in [0.05, 0.1) is 12.6 Å². The second-order valence-electron chi connectivity index (χ2n) is 6.74. The molecule has 26 heavy (non-hydrogen) atoms. The van der Waals surface area contributed by atoms with Crippen LogP contribution >= 0.6 is 0 Å². The lowest BCUT2D eigenvalue weighted by Gasteiger charge is -2.19. The smallest absolute Gasteiger partial charge is 0.234 e. The normalized spacial score (nSPS) is 13.7. The van der Waals surface area contributed by atoms with Gasteiger partial charge in [-0.2, -0.15) is 0 Å². The summed E-state index contributed by atoms with van der Waals surface area (Å²) in [5.41, 5.74) is 3.51. The van der Waals surface area contributed by atoms with Crippen LogP contribution in [0.3, 0.4) is 0 Å². The molecule has 0 spiro atoms. The van der Waals surface area contributed by atoms with Crippen LogP contribution in [0.15, 0.2) is 42.5 Å². The summed E-state index contributed by atoms with van der Waals surface area (Å²) in [6.45, 7) is 5.43. The van der Waals surface area contributed by atoms with E-state index in [0.717, 1.165) is 29.0 Å². The third kappa shape index (κ3) is 4.55. The lowest BCUT2D eigenvalue weighted by Crippen LogP contribution is -2.36. The monoisotopic (exact) mass is 354 g/mol. The van der Waals surface area contributed by atoms with Crippen molar-refractivity contribution in [2.75, 3.05) is 20.4 Å². The van der Waals surface area contributed by atoms with Crippen molar-refractivity contribution in [3.05, 3.63) is 59.2 Å². The number of fused-ring (bicyclic) bond motifs is 1. The zero-order valence-corrected chi connectivity index (χ0v) is 15.6. The van der Waals surface area contributed by atoms with E-state index in [1.807, 2.05) is 37.1 Å². The standard InChI is InChI=1S/C21H26N2O3/c1-4-16-5-8-18(9-6-16)15(2)22-21(24)13-23(3)12-17-7-10-19-20(11-17)26-14-25-19/h5-11,15H,4,12-14H2,1-3H3,(H,22,24)/t15-/m0/s1. The van der Waals surface area contributed by atoms with Crippen molar-refractivity contribution in [3.8, 4) is 11.5 Å². The highest BCUT2D eigenvalue weighted by molar-refractivity contribution is 5.78. The van der Waals surface area contributed by atoms with Crippen LogP contribution in [-0.2, 0) is 17.8 Å². The van der Waals surface area contributed by atoms with E-state index in [4.69, 9.17) is 9.47 Å². The van der Waals surface area contributed by atoms with Crippen molar-refractivity contribution in [2.24, 2.45) is 0 Å². The molecular weight excluding hydrogens is 328 g/mol. The zero-order valence-electron chi connectivity index (χ0n) is 15.6. The van der Waals surface area contributed by atoms with Gasteiger partial charge >= 0.3 is 0 Å². The second kappa shape index (κ2) is 8.23. The van der Waals surface area contributed by atoms with E-state index in [1.165, 1.54) is 5.56 Å². The first-order valence-corrected chi connectivity index (χ1v) is 9.00. The molecule has 5 nitrogen and oxygen atoms in total. The number of likely N-dealkylation sites (N-methyl/N-ethyl adjacent to an activating group) is 1. The van der Waals surface area contributed by atoms with Gasteiger partial charge in [-0.1, -0.05) is 37.3 Å². The third-order valence-electron chi connectivity index (χ3n) is 4.57. The Bertz CT molecular complexity index is 758. The summed E-state index contributed by atoms with van der Waals surface area (Å²) in [5.74, 6) is 1.56. The zero-order chi connectivity index (χ0) is 18.5. The molecule has 0 radical (unpaired) electrons. The molecule has 0 fully saturated rings. The first-order valence-electron chi connectivity index (χ1n) is 9.00. The summed E-state index contributed by atoms with van der Waals surface area (Å²) in [4.78, 5) is 14.3. The number of hydrogen-bond acceptors (Lipinski definition) is 4. The van der Waals surface area contributed by atoms with Gasteiger partial charge in [-0.15, -0.1) is 0 Å². The largest absolute Gasteiger partial charge is 0.454 e. The minimum atomic E-state index is -0.00708. The summed E-state index contributed by atoms with van der Waals surface area (Å²) in [5, 5.41) is 3.07. The Kier molecular flexibility index (Phi) is 5.78. The van der Waals surface area contributed by atoms with E-state index >= 15 is 0 Å². The Morgan fingerprint density at radius 1 is 1.12 bits per heavy atom. The topological polar surface area (TPSA) is 50.8 Å². The van der Waals surface area contributed by atoms with Crippen molar-refractivity contribution >= 4 is 5.91 Å². The maximum absolute atomic E-state index is 12.3. The maximum atomic E-state index is 12.3. The minimum Gasteiger partial charge on any atom is -0.454 e. The van der Waals surface area contributed by atoms with Gasteiger partial charge in [0.25, 0.3) is 0 Å². The molecule has 1 amide bonds. The highest BCUT2D eigenvalue weighted by Crippen LogP contribution is 2.32. The predicted octanol–water partition coefficient (Wildman–Crippen LogP) is 3.29. The molecule has 2 aromatic rings. The van der Waals surface area contributed by atoms with Gasteiger partial charge in [0.1, 0.15) is 0 Å². The van der Waals surface area contributed by atoms with Gasteiger partial charge in [0.2, 0.25) is 12.7 Å². The summed E-state index contributed by atoms with van der Waals surface area (Å²) in [6, 6.07) is 14.3. The van der Waals surface area contributed by atoms with Crippen LogP contribution in [0.5, 0.6) is 11.5 Å². The lowest BCUT2D eigenvalue weighted by molar-refractivity contribution is -0.122. The SMILES string of the molecule is CCc1ccc([C@H](C)NC(=O)CN(C)Cc2ccc3c(c2)OCO3)cc1. The number of carbonyl (C=O) groups is 1. The van der Waals surface area contributed by atoms with Crippen molar-refractivity contribution in [1.29, 1.82) is 0 Å². The van der Waals surface area contributed by atoms with E-state index in [9.17, 15) is 4.79 Å². The van der Waals surface area contributed by atoms with Crippen LogP contribution in [0.25, 0.3) is 0 Å². The highest BCUT2D eigenvalue weighted by Gasteiger charge is 2.15. The Balaban J connectivity index is 1.50. The molecule has 1 atom stereocenters. The fourth-order valence-corrected chi connectivity index (χ4v) is 3.06. The van der Waals surface area contributed by atoms with Crippen LogP contribution in [0.2, 0.25) is 0 Å². The van der Waals surface area contributed by atoms with E-state index in [-0.39, 0.29) is 18.7 Å². The number of hydrogen-bond donors (Lipinski definition) is 1. The van der Waals surface area contributed by atoms with Gasteiger partial charge in [0, 0.05) is 6.54 Å². The lowest BCUT2D eigenvalue weighted by atomic mass is 10.1. The summed E-state index contributed by atoms with van der Waals surface area (Å²) in [6.07, 6.45) is 1.02. The summed E-state index contributed by atoms with van der Waals surface area (Å²) < 4.78 is 10.7. The quantitative estimate of drug-likeness (QED) is 0.829. The number of rotatable bonds is 7. The molecule has 1 N–H and O–H groups in total. The Hall–Kier alpha value is -2.53. The number of carbonyl (C=O) groups excluding carboxylic acids is 1. The first kappa shape index (κ1) is 18.3. The van der Waals surface area contributed by atoms with Crippen LogP contribution in [0.4, 0.5) is 0 Å². The molecule has 0 saturated heterocycles. The molecule has 0 aromatic heterocycles. The van der Waals surface area contributed by atoms with Gasteiger partial charge in [-0.3, -0.25) is 9.69 Å². The van der Waals surface area contributed by atoms with Crippen molar-refractivity contribution in [3.63, 3.8) is 0 Å². The summed E-state index contributed by atoms with van der Waals surface area (Å²) >= 11 is 0. The number of amides is 1. The molecule has 3 rings (SSSR count). The minimum absolute atomic E-state index is 0.00708. The molecule has 0 unspecified atom stereocenters. The van der Waals surface area contributed by atoms with Crippen LogP contribution in [0, 0.1) is 0 Å². The Morgan fingerprint density at radius 3 is 2.54 bits per heavy atom. The van der Waals surface area contributed by atoms with Crippen LogP contribution in [-0.4, -0.2) is 31.2 Å². The van der Waals surface area contributed by atoms with Crippen molar-refractivity contribution < 1.29 is 14.3 Å². The number of ether oxygens (including phenoxy) is 2. The molecule has 2 aromatic carbocycles. The average molecular weight is 354 g/mol. The maximum Gasteiger partial charge on any atom is 0.234 e. The van der Waals surface area contributed by atoms with E-state index in [2.05, 4.69) is 36.5 Å². The van der Waals surface area contributed by atoms with Crippen LogP contribution < -0.4 is 14.8 Å². The Labute approximate surface area is 154 Å². The fraction of sp³-hybridized carbons (Fsp3) is 0.381. The van der Waals surface area contributed by atoms with E-state index in [1.54, 1.807) is 0 Å². The predicted molar refractivity (Wildman–Crippen MR) is 101 cm³/mol. The molecule has 0 aliphatic carbocycles. The molecule has 5 heteroatoms. The molecule has 138 valence electrons. The molecular formula is C21H26N2O3. The summed E-state index contributed by atoms with van der Waals surface area (Å²) in [7, 11) is 1.94. The van der Waals surface area contributed by atoms with Gasteiger partial charge in [-0.25, -0.2) is 0 Å². The fourth-order valence-electron chi connectivity index (χ4n) is 3.06. The number of benzene rings is 2. The molecule has 1 aliphatic rings. The third-order valence-corrected chi connectivity index (χ3v) is 4.57. The van der Waals surface area contributed by atoms with Crippen molar-refractivity contribution in [2.45, 2.75) is 32.9 Å². The van der Waals surface area contributed by atoms with E-state index < -0.39 is 0 Å². The average Bonchev–Trinajstić information content (AvgIpc) is 3.09. The van der Waals surface area contributed by atoms with Crippen molar-refractivity contribution in [1.82, 2.24) is 10.2 Å². The van der Waals surface area contributed by atoms with Crippen LogP contribution in [0.1, 0.15) is 36.6 Å². The van der Waals surface area contributed by atoms with Gasteiger partial charge < -0.3 is 14.8 Å². The van der Waals surface area contributed by atoms with Gasteiger partial charge in [0.15, 0.2) is 11.5 Å². The Morgan fingerprint density at radius 2 is 1.81 bits per heavy atom. The number of nitrogens with one attached hydrogen (secondary N) is 1. The number of nitrogens with zero attached hydrogens (tertiary/aromatic N) is 1. The molecule has 1 aliphatic heterocycles. The molecule has 0 bridgehead atoms. The molecule has 1 heterocycles. The second-order valence-corrected chi connectivity index (χ2v) is 6.74. The van der Waals surface area contributed by atoms with Gasteiger partial charge in [-0.05, 0) is 49.2 Å². The van der Waals surface area contributed by atoms with E-state index in [0.29, 0.717) is 13.1 Å². The highest BCUT2D eigenvalue weighted by atomic mass is 16.7. The number of aryl methyl sites for hydroxylation is 1. The first-order chi connectivity index (χ1) is 12.5.